The maximum Gasteiger partial charge on any atom is 0.257 e. The van der Waals surface area contributed by atoms with Crippen molar-refractivity contribution in [1.29, 1.82) is 0 Å². The maximum atomic E-state index is 13.8. The Morgan fingerprint density at radius 2 is 1.48 bits per heavy atom. The lowest BCUT2D eigenvalue weighted by atomic mass is 10.1. The van der Waals surface area contributed by atoms with Crippen molar-refractivity contribution < 1.29 is 18.0 Å². The Kier molecular flexibility index (Phi) is 5.11. The first-order valence-electron chi connectivity index (χ1n) is 7.52. The second-order valence-corrected chi connectivity index (χ2v) is 6.39. The van der Waals surface area contributed by atoms with E-state index in [4.69, 9.17) is 23.2 Å². The van der Waals surface area contributed by atoms with Crippen molar-refractivity contribution in [2.75, 3.05) is 31.1 Å². The summed E-state index contributed by atoms with van der Waals surface area (Å²) in [5.74, 6) is -5.12. The molecule has 1 heterocycles. The first kappa shape index (κ1) is 17.9. The fourth-order valence-corrected chi connectivity index (χ4v) is 3.42. The fraction of sp³-hybridized carbons (Fsp3) is 0.235. The van der Waals surface area contributed by atoms with Gasteiger partial charge in [-0.15, -0.1) is 0 Å². The van der Waals surface area contributed by atoms with Crippen LogP contribution in [0.3, 0.4) is 0 Å². The quantitative estimate of drug-likeness (QED) is 0.713. The molecule has 0 unspecified atom stereocenters. The average molecular weight is 389 g/mol. The molecule has 25 heavy (non-hydrogen) atoms. The van der Waals surface area contributed by atoms with Gasteiger partial charge in [0.25, 0.3) is 5.91 Å². The minimum atomic E-state index is -1.65. The van der Waals surface area contributed by atoms with E-state index >= 15 is 0 Å². The van der Waals surface area contributed by atoms with Gasteiger partial charge in [0, 0.05) is 26.2 Å². The number of piperazine rings is 1. The summed E-state index contributed by atoms with van der Waals surface area (Å²) in [7, 11) is 0. The van der Waals surface area contributed by atoms with Crippen LogP contribution < -0.4 is 4.90 Å². The van der Waals surface area contributed by atoms with Gasteiger partial charge in [-0.05, 0) is 24.3 Å². The molecule has 0 spiro atoms. The van der Waals surface area contributed by atoms with Gasteiger partial charge in [0.2, 0.25) is 0 Å². The number of para-hydroxylation sites is 1. The molecular formula is C17H13Cl2F3N2O. The van der Waals surface area contributed by atoms with Crippen LogP contribution in [0.5, 0.6) is 0 Å². The number of hydrogen-bond donors (Lipinski definition) is 0. The van der Waals surface area contributed by atoms with Crippen LogP contribution >= 0.6 is 23.2 Å². The van der Waals surface area contributed by atoms with E-state index in [2.05, 4.69) is 0 Å². The maximum absolute atomic E-state index is 13.8. The van der Waals surface area contributed by atoms with Crippen molar-refractivity contribution in [2.45, 2.75) is 0 Å². The van der Waals surface area contributed by atoms with Crippen LogP contribution in [-0.4, -0.2) is 37.0 Å². The molecule has 1 aliphatic heterocycles. The topological polar surface area (TPSA) is 23.6 Å². The van der Waals surface area contributed by atoms with Gasteiger partial charge >= 0.3 is 0 Å². The second-order valence-electron chi connectivity index (χ2n) is 5.57. The molecule has 3 nitrogen and oxygen atoms in total. The summed E-state index contributed by atoms with van der Waals surface area (Å²) >= 11 is 12.4. The van der Waals surface area contributed by atoms with Gasteiger partial charge in [0.05, 0.1) is 21.3 Å². The van der Waals surface area contributed by atoms with Crippen LogP contribution in [0.4, 0.5) is 18.9 Å². The number of rotatable bonds is 2. The molecule has 0 aliphatic carbocycles. The summed E-state index contributed by atoms with van der Waals surface area (Å²) in [6, 6.07) is 6.87. The number of carbonyl (C=O) groups is 1. The molecule has 132 valence electrons. The predicted molar refractivity (Wildman–Crippen MR) is 90.9 cm³/mol. The Labute approximate surface area is 152 Å². The number of hydrogen-bond acceptors (Lipinski definition) is 2. The van der Waals surface area contributed by atoms with Crippen LogP contribution in [0.1, 0.15) is 10.4 Å². The van der Waals surface area contributed by atoms with Gasteiger partial charge in [-0.2, -0.15) is 0 Å². The predicted octanol–water partition coefficient (Wildman–Crippen LogP) is 4.37. The van der Waals surface area contributed by atoms with Gasteiger partial charge < -0.3 is 9.80 Å². The van der Waals surface area contributed by atoms with Crippen molar-refractivity contribution >= 4 is 34.8 Å². The zero-order chi connectivity index (χ0) is 18.1. The Hall–Kier alpha value is -1.92. The molecule has 2 aromatic carbocycles. The van der Waals surface area contributed by atoms with Gasteiger partial charge in [-0.25, -0.2) is 13.2 Å². The first-order valence-corrected chi connectivity index (χ1v) is 8.27. The number of amides is 1. The Bertz CT molecular complexity index is 804. The van der Waals surface area contributed by atoms with E-state index in [-0.39, 0.29) is 13.1 Å². The van der Waals surface area contributed by atoms with E-state index < -0.39 is 28.9 Å². The minimum absolute atomic E-state index is 0.277. The van der Waals surface area contributed by atoms with E-state index in [1.807, 2.05) is 4.90 Å². The van der Waals surface area contributed by atoms with E-state index in [0.29, 0.717) is 28.8 Å². The number of benzene rings is 2. The molecule has 3 rings (SSSR count). The SMILES string of the molecule is O=C(c1ccc(F)c(F)c1F)N1CCN(c2c(Cl)cccc2Cl)CC1. The van der Waals surface area contributed by atoms with Crippen molar-refractivity contribution in [3.8, 4) is 0 Å². The van der Waals surface area contributed by atoms with Crippen LogP contribution in [0, 0.1) is 17.5 Å². The zero-order valence-corrected chi connectivity index (χ0v) is 14.4. The Morgan fingerprint density at radius 3 is 2.08 bits per heavy atom. The van der Waals surface area contributed by atoms with Crippen molar-refractivity contribution in [3.05, 3.63) is 63.4 Å². The highest BCUT2D eigenvalue weighted by Crippen LogP contribution is 2.34. The third-order valence-electron chi connectivity index (χ3n) is 4.09. The molecular weight excluding hydrogens is 376 g/mol. The number of anilines is 1. The van der Waals surface area contributed by atoms with Gasteiger partial charge in [-0.1, -0.05) is 29.3 Å². The summed E-state index contributed by atoms with van der Waals surface area (Å²) in [6.45, 7) is 1.42. The molecule has 1 amide bonds. The number of carbonyl (C=O) groups excluding carboxylic acids is 1. The molecule has 0 atom stereocenters. The van der Waals surface area contributed by atoms with Crippen molar-refractivity contribution in [3.63, 3.8) is 0 Å². The molecule has 1 fully saturated rings. The third kappa shape index (κ3) is 3.41. The first-order chi connectivity index (χ1) is 11.9. The lowest BCUT2D eigenvalue weighted by Gasteiger charge is -2.37. The molecule has 0 radical (unpaired) electrons. The number of halogens is 5. The largest absolute Gasteiger partial charge is 0.366 e. The molecule has 0 N–H and O–H groups in total. The smallest absolute Gasteiger partial charge is 0.257 e. The Balaban J connectivity index is 1.74. The van der Waals surface area contributed by atoms with E-state index in [1.165, 1.54) is 4.90 Å². The summed E-state index contributed by atoms with van der Waals surface area (Å²) in [6.07, 6.45) is 0. The number of nitrogens with zero attached hydrogens (tertiary/aromatic N) is 2. The molecule has 2 aromatic rings. The Morgan fingerprint density at radius 1 is 0.880 bits per heavy atom. The molecule has 1 saturated heterocycles. The van der Waals surface area contributed by atoms with E-state index in [1.54, 1.807) is 18.2 Å². The molecule has 1 aliphatic rings. The van der Waals surface area contributed by atoms with Crippen molar-refractivity contribution in [1.82, 2.24) is 4.90 Å². The summed E-state index contributed by atoms with van der Waals surface area (Å²) < 4.78 is 40.1. The highest BCUT2D eigenvalue weighted by molar-refractivity contribution is 6.39. The monoisotopic (exact) mass is 388 g/mol. The van der Waals surface area contributed by atoms with E-state index in [9.17, 15) is 18.0 Å². The highest BCUT2D eigenvalue weighted by Gasteiger charge is 2.27. The van der Waals surface area contributed by atoms with Crippen LogP contribution in [0.25, 0.3) is 0 Å². The summed E-state index contributed by atoms with van der Waals surface area (Å²) in [4.78, 5) is 15.7. The van der Waals surface area contributed by atoms with E-state index in [0.717, 1.165) is 12.1 Å². The highest BCUT2D eigenvalue weighted by atomic mass is 35.5. The standard InChI is InChI=1S/C17H13Cl2F3N2O/c18-11-2-1-3-12(19)16(11)23-6-8-24(9-7-23)17(25)10-4-5-13(20)15(22)14(10)21/h1-5H,6-9H2. The van der Waals surface area contributed by atoms with Gasteiger partial charge in [0.1, 0.15) is 0 Å². The van der Waals surface area contributed by atoms with Crippen LogP contribution in [0.2, 0.25) is 10.0 Å². The van der Waals surface area contributed by atoms with Gasteiger partial charge in [-0.3, -0.25) is 4.79 Å². The third-order valence-corrected chi connectivity index (χ3v) is 4.70. The molecule has 8 heteroatoms. The fourth-order valence-electron chi connectivity index (χ4n) is 2.79. The second kappa shape index (κ2) is 7.14. The lowest BCUT2D eigenvalue weighted by Crippen LogP contribution is -2.49. The van der Waals surface area contributed by atoms with Crippen molar-refractivity contribution in [2.24, 2.45) is 0 Å². The zero-order valence-electron chi connectivity index (χ0n) is 12.9. The normalized spacial score (nSPS) is 14.8. The minimum Gasteiger partial charge on any atom is -0.366 e. The molecule has 0 saturated carbocycles. The van der Waals surface area contributed by atoms with Gasteiger partial charge in [0.15, 0.2) is 17.5 Å². The van der Waals surface area contributed by atoms with Crippen LogP contribution in [-0.2, 0) is 0 Å². The molecule has 0 aromatic heterocycles. The van der Waals surface area contributed by atoms with Crippen LogP contribution in [0.15, 0.2) is 30.3 Å². The molecule has 0 bridgehead atoms. The summed E-state index contributed by atoms with van der Waals surface area (Å²) in [5, 5.41) is 0.998. The average Bonchev–Trinajstić information content (AvgIpc) is 2.60. The summed E-state index contributed by atoms with van der Waals surface area (Å²) in [5.41, 5.74) is 0.195. The lowest BCUT2D eigenvalue weighted by molar-refractivity contribution is 0.0740.